The number of nitrogens with zero attached hydrogens (tertiary/aromatic N) is 3. The van der Waals surface area contributed by atoms with Crippen LogP contribution in [-0.2, 0) is 0 Å². The van der Waals surface area contributed by atoms with Crippen molar-refractivity contribution >= 4 is 17.2 Å². The van der Waals surface area contributed by atoms with Gasteiger partial charge in [-0.3, -0.25) is 0 Å². The molecule has 0 saturated heterocycles. The van der Waals surface area contributed by atoms with Crippen molar-refractivity contribution in [3.8, 4) is 17.0 Å². The first kappa shape index (κ1) is 15.6. The number of nitrogens with two attached hydrogens (primary N) is 1. The van der Waals surface area contributed by atoms with Gasteiger partial charge in [-0.15, -0.1) is 5.10 Å². The number of fused-ring (bicyclic) bond motifs is 2. The summed E-state index contributed by atoms with van der Waals surface area (Å²) in [5.41, 5.74) is 11.1. The van der Waals surface area contributed by atoms with Crippen LogP contribution in [0.3, 0.4) is 0 Å². The van der Waals surface area contributed by atoms with Crippen LogP contribution in [0.2, 0.25) is 0 Å². The second-order valence-corrected chi connectivity index (χ2v) is 6.40. The molecule has 1 unspecified atom stereocenters. The minimum absolute atomic E-state index is 0.198. The predicted octanol–water partition coefficient (Wildman–Crippen LogP) is 3.64. The second-order valence-electron chi connectivity index (χ2n) is 6.40. The molecule has 1 aliphatic rings. The van der Waals surface area contributed by atoms with Crippen molar-refractivity contribution in [2.75, 3.05) is 18.2 Å². The Morgan fingerprint density at radius 1 is 1.19 bits per heavy atom. The van der Waals surface area contributed by atoms with E-state index < -0.39 is 5.82 Å². The van der Waals surface area contributed by atoms with E-state index in [9.17, 15) is 4.39 Å². The Bertz CT molecular complexity index is 1190. The summed E-state index contributed by atoms with van der Waals surface area (Å²) in [7, 11) is 1.45. The minimum Gasteiger partial charge on any atom is -0.494 e. The first-order valence-corrected chi connectivity index (χ1v) is 8.50. The SMILES string of the molecule is COc1ccc(C2Nc3ccccc3-c3nc(N)nn4ccc2c34)cc1F. The van der Waals surface area contributed by atoms with Crippen molar-refractivity contribution in [2.24, 2.45) is 0 Å². The van der Waals surface area contributed by atoms with Gasteiger partial charge in [0.2, 0.25) is 5.95 Å². The highest BCUT2D eigenvalue weighted by Crippen LogP contribution is 2.41. The van der Waals surface area contributed by atoms with E-state index in [-0.39, 0.29) is 17.7 Å². The van der Waals surface area contributed by atoms with E-state index in [0.29, 0.717) is 0 Å². The Labute approximate surface area is 154 Å². The average Bonchev–Trinajstić information content (AvgIpc) is 3.03. The molecule has 0 aliphatic carbocycles. The van der Waals surface area contributed by atoms with Crippen LogP contribution in [0.4, 0.5) is 16.0 Å². The fourth-order valence-corrected chi connectivity index (χ4v) is 3.66. The van der Waals surface area contributed by atoms with E-state index in [1.165, 1.54) is 13.2 Å². The van der Waals surface area contributed by atoms with Gasteiger partial charge in [0.15, 0.2) is 11.6 Å². The summed E-state index contributed by atoms with van der Waals surface area (Å²) < 4.78 is 21.1. The zero-order valence-corrected chi connectivity index (χ0v) is 14.5. The maximum Gasteiger partial charge on any atom is 0.238 e. The largest absolute Gasteiger partial charge is 0.494 e. The van der Waals surface area contributed by atoms with Crippen LogP contribution in [0.25, 0.3) is 16.8 Å². The Kier molecular flexibility index (Phi) is 3.30. The molecular weight excluding hydrogens is 345 g/mol. The van der Waals surface area contributed by atoms with Crippen LogP contribution in [0.1, 0.15) is 17.2 Å². The van der Waals surface area contributed by atoms with E-state index in [0.717, 1.165) is 33.6 Å². The van der Waals surface area contributed by atoms with Crippen molar-refractivity contribution < 1.29 is 9.13 Å². The maximum atomic E-state index is 14.4. The number of hydrogen-bond donors (Lipinski definition) is 2. The van der Waals surface area contributed by atoms with Gasteiger partial charge in [0.05, 0.1) is 18.7 Å². The number of aromatic nitrogens is 3. The van der Waals surface area contributed by atoms with Crippen LogP contribution in [0.15, 0.2) is 54.7 Å². The first-order chi connectivity index (χ1) is 13.2. The number of methoxy groups -OCH3 is 1. The van der Waals surface area contributed by atoms with Crippen molar-refractivity contribution in [2.45, 2.75) is 6.04 Å². The number of rotatable bonds is 2. The Morgan fingerprint density at radius 2 is 2.04 bits per heavy atom. The van der Waals surface area contributed by atoms with Crippen molar-refractivity contribution in [1.82, 2.24) is 14.6 Å². The van der Waals surface area contributed by atoms with Gasteiger partial charge < -0.3 is 15.8 Å². The van der Waals surface area contributed by atoms with Crippen molar-refractivity contribution in [1.29, 1.82) is 0 Å². The number of nitrogen functional groups attached to an aromatic ring is 1. The van der Waals surface area contributed by atoms with Gasteiger partial charge in [-0.1, -0.05) is 24.3 Å². The molecular formula is C20H16FN5O. The monoisotopic (exact) mass is 361 g/mol. The molecule has 7 heteroatoms. The molecule has 6 nitrogen and oxygen atoms in total. The van der Waals surface area contributed by atoms with E-state index >= 15 is 0 Å². The third-order valence-electron chi connectivity index (χ3n) is 4.86. The topological polar surface area (TPSA) is 77.5 Å². The summed E-state index contributed by atoms with van der Waals surface area (Å²) in [6, 6.07) is 14.5. The lowest BCUT2D eigenvalue weighted by Gasteiger charge is -2.20. The highest BCUT2D eigenvalue weighted by atomic mass is 19.1. The Hall–Kier alpha value is -3.61. The smallest absolute Gasteiger partial charge is 0.238 e. The van der Waals surface area contributed by atoms with Gasteiger partial charge in [-0.05, 0) is 29.8 Å². The highest BCUT2D eigenvalue weighted by Gasteiger charge is 2.27. The fourth-order valence-electron chi connectivity index (χ4n) is 3.66. The van der Waals surface area contributed by atoms with Crippen LogP contribution < -0.4 is 15.8 Å². The third-order valence-corrected chi connectivity index (χ3v) is 4.86. The van der Waals surface area contributed by atoms with Gasteiger partial charge in [0.25, 0.3) is 0 Å². The zero-order valence-electron chi connectivity index (χ0n) is 14.5. The molecule has 3 N–H and O–H groups in total. The Balaban J connectivity index is 1.80. The molecule has 27 heavy (non-hydrogen) atoms. The van der Waals surface area contributed by atoms with E-state index in [1.54, 1.807) is 10.6 Å². The average molecular weight is 361 g/mol. The molecule has 0 fully saturated rings. The molecule has 0 spiro atoms. The lowest BCUT2D eigenvalue weighted by Crippen LogP contribution is -2.12. The number of halogens is 1. The van der Waals surface area contributed by atoms with Crippen LogP contribution >= 0.6 is 0 Å². The maximum absolute atomic E-state index is 14.4. The molecule has 134 valence electrons. The van der Waals surface area contributed by atoms with Crippen LogP contribution in [0, 0.1) is 5.82 Å². The number of hydrogen-bond acceptors (Lipinski definition) is 5. The number of benzene rings is 2. The number of anilines is 2. The van der Waals surface area contributed by atoms with Gasteiger partial charge in [0.1, 0.15) is 5.69 Å². The first-order valence-electron chi connectivity index (χ1n) is 8.50. The van der Waals surface area contributed by atoms with Gasteiger partial charge in [-0.25, -0.2) is 13.9 Å². The second kappa shape index (κ2) is 5.70. The molecule has 5 rings (SSSR count). The lowest BCUT2D eigenvalue weighted by atomic mass is 9.99. The van der Waals surface area contributed by atoms with Gasteiger partial charge in [0, 0.05) is 23.0 Å². The van der Waals surface area contributed by atoms with Gasteiger partial charge >= 0.3 is 0 Å². The fraction of sp³-hybridized carbons (Fsp3) is 0.100. The summed E-state index contributed by atoms with van der Waals surface area (Å²) in [6.07, 6.45) is 1.84. The normalized spacial score (nSPS) is 15.1. The molecule has 3 heterocycles. The van der Waals surface area contributed by atoms with Crippen molar-refractivity contribution in [3.63, 3.8) is 0 Å². The van der Waals surface area contributed by atoms with Crippen LogP contribution in [-0.4, -0.2) is 21.7 Å². The molecule has 2 aromatic heterocycles. The number of ether oxygens (including phenoxy) is 1. The Morgan fingerprint density at radius 3 is 2.85 bits per heavy atom. The summed E-state index contributed by atoms with van der Waals surface area (Å²) in [4.78, 5) is 4.49. The molecule has 0 bridgehead atoms. The highest BCUT2D eigenvalue weighted by molar-refractivity contribution is 5.90. The molecule has 4 aromatic rings. The quantitative estimate of drug-likeness (QED) is 0.570. The molecule has 0 radical (unpaired) electrons. The number of para-hydroxylation sites is 1. The summed E-state index contributed by atoms with van der Waals surface area (Å²) in [5.74, 6) is 0.00765. The lowest BCUT2D eigenvalue weighted by molar-refractivity contribution is 0.386. The minimum atomic E-state index is -0.404. The molecule has 1 atom stereocenters. The molecule has 0 saturated carbocycles. The predicted molar refractivity (Wildman–Crippen MR) is 101 cm³/mol. The van der Waals surface area contributed by atoms with E-state index in [2.05, 4.69) is 15.4 Å². The molecule has 2 aromatic carbocycles. The standard InChI is InChI=1S/C20H16FN5O/c1-27-16-7-6-11(10-14(16)21)17-13-8-9-26-19(13)18(24-20(22)25-26)12-4-2-3-5-15(12)23-17/h2-10,17,23H,1H3,(H2,22,25). The summed E-state index contributed by atoms with van der Waals surface area (Å²) in [5, 5.41) is 7.81. The van der Waals surface area contributed by atoms with E-state index in [4.69, 9.17) is 10.5 Å². The summed E-state index contributed by atoms with van der Waals surface area (Å²) >= 11 is 0. The van der Waals surface area contributed by atoms with Crippen LogP contribution in [0.5, 0.6) is 5.75 Å². The molecule has 1 aliphatic heterocycles. The van der Waals surface area contributed by atoms with Crippen molar-refractivity contribution in [3.05, 3.63) is 71.7 Å². The van der Waals surface area contributed by atoms with E-state index in [1.807, 2.05) is 42.6 Å². The van der Waals surface area contributed by atoms with Gasteiger partial charge in [-0.2, -0.15) is 0 Å². The molecule has 0 amide bonds. The summed E-state index contributed by atoms with van der Waals surface area (Å²) in [6.45, 7) is 0. The third kappa shape index (κ3) is 2.32. The zero-order chi connectivity index (χ0) is 18.5. The number of nitrogens with one attached hydrogen (secondary N) is 1.